The van der Waals surface area contributed by atoms with Gasteiger partial charge in [-0.25, -0.2) is 0 Å². The molecule has 0 saturated carbocycles. The molecular weight excluding hydrogens is 448 g/mol. The number of pyridine rings is 1. The summed E-state index contributed by atoms with van der Waals surface area (Å²) in [5.41, 5.74) is 2.53. The Morgan fingerprint density at radius 3 is 2.34 bits per heavy atom. The van der Waals surface area contributed by atoms with Crippen LogP contribution < -0.4 is 0 Å². The van der Waals surface area contributed by atoms with Crippen LogP contribution in [-0.2, 0) is 0 Å². The van der Waals surface area contributed by atoms with E-state index in [4.69, 9.17) is 0 Å². The monoisotopic (exact) mass is 464 g/mol. The number of hydrogen-bond donors (Lipinski definition) is 0. The number of aromatic nitrogens is 4. The SMILES string of the molecule is CC(Sc1nnc(-c2ccncc2)n1-c1ccccc1)C(=O)c1ccc(Br)cc1. The molecule has 0 aliphatic heterocycles. The van der Waals surface area contributed by atoms with Crippen LogP contribution in [0.3, 0.4) is 0 Å². The zero-order valence-corrected chi connectivity index (χ0v) is 18.0. The van der Waals surface area contributed by atoms with Crippen LogP contribution in [0.25, 0.3) is 17.1 Å². The van der Waals surface area contributed by atoms with E-state index in [1.54, 1.807) is 12.4 Å². The largest absolute Gasteiger partial charge is 0.293 e. The van der Waals surface area contributed by atoms with Gasteiger partial charge in [-0.3, -0.25) is 14.3 Å². The molecule has 0 saturated heterocycles. The number of carbonyl (C=O) groups excluding carboxylic acids is 1. The topological polar surface area (TPSA) is 60.7 Å². The minimum absolute atomic E-state index is 0.0515. The van der Waals surface area contributed by atoms with Gasteiger partial charge in [0.05, 0.1) is 5.25 Å². The Bertz CT molecular complexity index is 1110. The Kier molecular flexibility index (Phi) is 5.87. The van der Waals surface area contributed by atoms with E-state index >= 15 is 0 Å². The van der Waals surface area contributed by atoms with Crippen LogP contribution in [-0.4, -0.2) is 30.8 Å². The fourth-order valence-electron chi connectivity index (χ4n) is 2.90. The summed E-state index contributed by atoms with van der Waals surface area (Å²) in [5.74, 6) is 0.764. The number of carbonyl (C=O) groups is 1. The van der Waals surface area contributed by atoms with Gasteiger partial charge in [0.2, 0.25) is 0 Å². The minimum Gasteiger partial charge on any atom is -0.293 e. The van der Waals surface area contributed by atoms with Gasteiger partial charge in [0.25, 0.3) is 0 Å². The van der Waals surface area contributed by atoms with Gasteiger partial charge in [0, 0.05) is 33.7 Å². The van der Waals surface area contributed by atoms with Crippen molar-refractivity contribution in [3.63, 3.8) is 0 Å². The van der Waals surface area contributed by atoms with Crippen molar-refractivity contribution in [2.75, 3.05) is 0 Å². The number of ketones is 1. The first kappa shape index (κ1) is 19.5. The molecule has 0 aliphatic carbocycles. The van der Waals surface area contributed by atoms with Crippen molar-refractivity contribution in [3.8, 4) is 17.1 Å². The second-order valence-corrected chi connectivity index (χ2v) is 8.57. The highest BCUT2D eigenvalue weighted by atomic mass is 79.9. The van der Waals surface area contributed by atoms with E-state index in [1.807, 2.05) is 78.2 Å². The molecule has 144 valence electrons. The maximum atomic E-state index is 12.9. The van der Waals surface area contributed by atoms with Crippen molar-refractivity contribution in [1.29, 1.82) is 0 Å². The average Bonchev–Trinajstić information content (AvgIpc) is 3.18. The number of nitrogens with zero attached hydrogens (tertiary/aromatic N) is 4. The van der Waals surface area contributed by atoms with Gasteiger partial charge in [-0.1, -0.05) is 58.0 Å². The fourth-order valence-corrected chi connectivity index (χ4v) is 4.11. The van der Waals surface area contributed by atoms with E-state index in [-0.39, 0.29) is 11.0 Å². The standard InChI is InChI=1S/C22H17BrN4OS/c1-15(20(28)16-7-9-18(23)10-8-16)29-22-26-25-21(17-11-13-24-14-12-17)27(22)19-5-3-2-4-6-19/h2-15H,1H3. The number of hydrogen-bond acceptors (Lipinski definition) is 5. The lowest BCUT2D eigenvalue weighted by atomic mass is 10.1. The van der Waals surface area contributed by atoms with Gasteiger partial charge >= 0.3 is 0 Å². The van der Waals surface area contributed by atoms with E-state index in [9.17, 15) is 4.79 Å². The summed E-state index contributed by atoms with van der Waals surface area (Å²) in [6.45, 7) is 1.89. The fraction of sp³-hybridized carbons (Fsp3) is 0.0909. The molecule has 0 N–H and O–H groups in total. The number of para-hydroxylation sites is 1. The molecule has 5 nitrogen and oxygen atoms in total. The molecule has 4 rings (SSSR count). The molecule has 4 aromatic rings. The summed E-state index contributed by atoms with van der Waals surface area (Å²) in [6, 6.07) is 21.1. The zero-order chi connectivity index (χ0) is 20.2. The highest BCUT2D eigenvalue weighted by Crippen LogP contribution is 2.31. The lowest BCUT2D eigenvalue weighted by Gasteiger charge is -2.13. The van der Waals surface area contributed by atoms with Crippen LogP contribution in [0.4, 0.5) is 0 Å². The highest BCUT2D eigenvalue weighted by Gasteiger charge is 2.22. The van der Waals surface area contributed by atoms with Gasteiger partial charge in [0.15, 0.2) is 16.8 Å². The smallest absolute Gasteiger partial charge is 0.196 e. The van der Waals surface area contributed by atoms with Gasteiger partial charge in [-0.15, -0.1) is 10.2 Å². The lowest BCUT2D eigenvalue weighted by Crippen LogP contribution is -2.14. The molecule has 0 bridgehead atoms. The summed E-state index contributed by atoms with van der Waals surface area (Å²) in [5, 5.41) is 9.16. The van der Waals surface area contributed by atoms with Crippen LogP contribution in [0, 0.1) is 0 Å². The lowest BCUT2D eigenvalue weighted by molar-refractivity contribution is 0.0994. The number of thioether (sulfide) groups is 1. The molecule has 7 heteroatoms. The van der Waals surface area contributed by atoms with Gasteiger partial charge in [0.1, 0.15) is 0 Å². The summed E-state index contributed by atoms with van der Waals surface area (Å²) in [7, 11) is 0. The Hall–Kier alpha value is -2.77. The zero-order valence-electron chi connectivity index (χ0n) is 15.6. The van der Waals surface area contributed by atoms with Crippen molar-refractivity contribution < 1.29 is 4.79 Å². The maximum absolute atomic E-state index is 12.9. The third-order valence-electron chi connectivity index (χ3n) is 4.37. The van der Waals surface area contributed by atoms with Crippen molar-refractivity contribution in [2.24, 2.45) is 0 Å². The number of rotatable bonds is 6. The van der Waals surface area contributed by atoms with Gasteiger partial charge in [-0.2, -0.15) is 0 Å². The molecule has 0 aliphatic rings. The van der Waals surface area contributed by atoms with Crippen LogP contribution >= 0.6 is 27.7 Å². The summed E-state index contributed by atoms with van der Waals surface area (Å²) in [6.07, 6.45) is 3.46. The molecule has 1 atom stereocenters. The Morgan fingerprint density at radius 2 is 1.66 bits per heavy atom. The Morgan fingerprint density at radius 1 is 0.966 bits per heavy atom. The summed E-state index contributed by atoms with van der Waals surface area (Å²) in [4.78, 5) is 17.0. The quantitative estimate of drug-likeness (QED) is 0.280. The van der Waals surface area contributed by atoms with Crippen molar-refractivity contribution in [2.45, 2.75) is 17.3 Å². The molecule has 1 unspecified atom stereocenters. The van der Waals surface area contributed by atoms with E-state index in [0.29, 0.717) is 16.5 Å². The van der Waals surface area contributed by atoms with Gasteiger partial charge in [-0.05, 0) is 43.3 Å². The molecule has 2 heterocycles. The van der Waals surface area contributed by atoms with Crippen LogP contribution in [0.15, 0.2) is 88.8 Å². The molecule has 0 radical (unpaired) electrons. The normalized spacial score (nSPS) is 11.9. The third-order valence-corrected chi connectivity index (χ3v) is 5.94. The maximum Gasteiger partial charge on any atom is 0.196 e. The second-order valence-electron chi connectivity index (χ2n) is 6.34. The first-order chi connectivity index (χ1) is 14.1. The molecule has 0 spiro atoms. The van der Waals surface area contributed by atoms with Crippen LogP contribution in [0.2, 0.25) is 0 Å². The molecule has 2 aromatic heterocycles. The van der Waals surface area contributed by atoms with E-state index < -0.39 is 0 Å². The molecule has 2 aromatic carbocycles. The molecular formula is C22H17BrN4OS. The second kappa shape index (κ2) is 8.71. The molecule has 0 fully saturated rings. The van der Waals surface area contributed by atoms with Gasteiger partial charge < -0.3 is 0 Å². The Labute approximate surface area is 181 Å². The molecule has 29 heavy (non-hydrogen) atoms. The van der Waals surface area contributed by atoms with E-state index in [2.05, 4.69) is 31.1 Å². The van der Waals surface area contributed by atoms with Crippen molar-refractivity contribution in [3.05, 3.63) is 89.2 Å². The Balaban J connectivity index is 1.69. The first-order valence-electron chi connectivity index (χ1n) is 9.01. The van der Waals surface area contributed by atoms with Crippen molar-refractivity contribution >= 4 is 33.5 Å². The average molecular weight is 465 g/mol. The minimum atomic E-state index is -0.312. The predicted molar refractivity (Wildman–Crippen MR) is 118 cm³/mol. The molecule has 0 amide bonds. The number of halogens is 1. The van der Waals surface area contributed by atoms with Crippen LogP contribution in [0.5, 0.6) is 0 Å². The van der Waals surface area contributed by atoms with E-state index in [1.165, 1.54) is 11.8 Å². The summed E-state index contributed by atoms with van der Waals surface area (Å²) >= 11 is 4.80. The first-order valence-corrected chi connectivity index (χ1v) is 10.7. The number of benzene rings is 2. The number of Topliss-reactive ketones (excluding diaryl/α,β-unsaturated/α-hetero) is 1. The third kappa shape index (κ3) is 4.31. The van der Waals surface area contributed by atoms with Crippen molar-refractivity contribution in [1.82, 2.24) is 19.7 Å². The summed E-state index contributed by atoms with van der Waals surface area (Å²) < 4.78 is 2.92. The predicted octanol–water partition coefficient (Wildman–Crippen LogP) is 5.46. The van der Waals surface area contributed by atoms with E-state index in [0.717, 1.165) is 15.7 Å². The van der Waals surface area contributed by atoms with Crippen LogP contribution in [0.1, 0.15) is 17.3 Å². The highest BCUT2D eigenvalue weighted by molar-refractivity contribution is 9.10.